The number of hydrogen-bond acceptors (Lipinski definition) is 3. The molecule has 1 aromatic heterocycles. The van der Waals surface area contributed by atoms with Gasteiger partial charge in [0.15, 0.2) is 0 Å². The highest BCUT2D eigenvalue weighted by atomic mass is 35.5. The van der Waals surface area contributed by atoms with E-state index in [0.717, 1.165) is 11.1 Å². The minimum atomic E-state index is -0.503. The van der Waals surface area contributed by atoms with E-state index in [2.05, 4.69) is 5.10 Å². The fourth-order valence-electron chi connectivity index (χ4n) is 1.84. The van der Waals surface area contributed by atoms with E-state index in [1.807, 2.05) is 31.2 Å². The third-order valence-electron chi connectivity index (χ3n) is 2.63. The molecule has 0 saturated carbocycles. The lowest BCUT2D eigenvalue weighted by Gasteiger charge is -2.03. The maximum absolute atomic E-state index is 10.8. The zero-order valence-corrected chi connectivity index (χ0v) is 10.8. The first-order valence-electron chi connectivity index (χ1n) is 5.42. The van der Waals surface area contributed by atoms with Crippen molar-refractivity contribution in [3.8, 4) is 0 Å². The Morgan fingerprint density at radius 2 is 2.17 bits per heavy atom. The number of aromatic nitrogens is 2. The summed E-state index contributed by atoms with van der Waals surface area (Å²) in [5, 5.41) is 15.0. The van der Waals surface area contributed by atoms with Gasteiger partial charge < -0.3 is 0 Å². The number of rotatable bonds is 3. The molecule has 0 saturated heterocycles. The molecule has 0 aliphatic carbocycles. The van der Waals surface area contributed by atoms with E-state index in [1.165, 1.54) is 4.68 Å². The van der Waals surface area contributed by atoms with Gasteiger partial charge in [-0.05, 0) is 19.4 Å². The second kappa shape index (κ2) is 4.78. The predicted octanol–water partition coefficient (Wildman–Crippen LogP) is 3.11. The fraction of sp³-hybridized carbons (Fsp3) is 0.250. The van der Waals surface area contributed by atoms with Gasteiger partial charge in [0.05, 0.1) is 11.5 Å². The van der Waals surface area contributed by atoms with E-state index >= 15 is 0 Å². The summed E-state index contributed by atoms with van der Waals surface area (Å²) >= 11 is 5.97. The molecule has 2 rings (SSSR count). The molecule has 18 heavy (non-hydrogen) atoms. The fourth-order valence-corrected chi connectivity index (χ4v) is 2.14. The average molecular weight is 266 g/mol. The summed E-state index contributed by atoms with van der Waals surface area (Å²) in [5.41, 5.74) is 2.35. The van der Waals surface area contributed by atoms with E-state index < -0.39 is 4.92 Å². The second-order valence-corrected chi connectivity index (χ2v) is 4.49. The molecule has 0 aliphatic heterocycles. The Kier molecular flexibility index (Phi) is 3.34. The van der Waals surface area contributed by atoms with Crippen LogP contribution >= 0.6 is 11.6 Å². The Morgan fingerprint density at radius 3 is 2.72 bits per heavy atom. The number of aryl methyl sites for hydroxylation is 2. The number of nitrogens with zero attached hydrogens (tertiary/aromatic N) is 3. The largest absolute Gasteiger partial charge is 0.328 e. The maximum atomic E-state index is 10.8. The van der Waals surface area contributed by atoms with Gasteiger partial charge in [-0.1, -0.05) is 41.4 Å². The van der Waals surface area contributed by atoms with Gasteiger partial charge in [0.2, 0.25) is 5.15 Å². The van der Waals surface area contributed by atoms with Gasteiger partial charge in [0.1, 0.15) is 5.69 Å². The second-order valence-electron chi connectivity index (χ2n) is 4.13. The van der Waals surface area contributed by atoms with Crippen LogP contribution in [0.4, 0.5) is 5.69 Å². The first-order chi connectivity index (χ1) is 8.49. The van der Waals surface area contributed by atoms with Gasteiger partial charge in [0, 0.05) is 0 Å². The summed E-state index contributed by atoms with van der Waals surface area (Å²) in [5.74, 6) is 0. The number of hydrogen-bond donors (Lipinski definition) is 0. The quantitative estimate of drug-likeness (QED) is 0.633. The molecule has 1 heterocycles. The minimum absolute atomic E-state index is 0.0685. The molecule has 0 radical (unpaired) electrons. The highest BCUT2D eigenvalue weighted by Gasteiger charge is 2.23. The summed E-state index contributed by atoms with van der Waals surface area (Å²) in [4.78, 5) is 10.3. The summed E-state index contributed by atoms with van der Waals surface area (Å²) in [6.07, 6.45) is 0. The molecule has 5 nitrogen and oxygen atoms in total. The molecule has 0 atom stereocenters. The van der Waals surface area contributed by atoms with Gasteiger partial charge in [-0.3, -0.25) is 10.1 Å². The third kappa shape index (κ3) is 2.36. The van der Waals surface area contributed by atoms with Crippen molar-refractivity contribution in [2.45, 2.75) is 20.4 Å². The molecule has 0 spiro atoms. The van der Waals surface area contributed by atoms with Gasteiger partial charge in [-0.2, -0.15) is 5.10 Å². The lowest BCUT2D eigenvalue weighted by atomic mass is 10.1. The van der Waals surface area contributed by atoms with Gasteiger partial charge in [-0.15, -0.1) is 0 Å². The number of benzene rings is 1. The van der Waals surface area contributed by atoms with E-state index in [9.17, 15) is 10.1 Å². The molecule has 0 bridgehead atoms. The summed E-state index contributed by atoms with van der Waals surface area (Å²) in [6.45, 7) is 3.99. The average Bonchev–Trinajstić information content (AvgIpc) is 2.54. The van der Waals surface area contributed by atoms with Crippen LogP contribution in [-0.2, 0) is 6.54 Å². The first-order valence-corrected chi connectivity index (χ1v) is 5.79. The first kappa shape index (κ1) is 12.6. The van der Waals surface area contributed by atoms with Crippen molar-refractivity contribution in [3.63, 3.8) is 0 Å². The third-order valence-corrected chi connectivity index (χ3v) is 3.01. The summed E-state index contributed by atoms with van der Waals surface area (Å²) in [6, 6.07) is 7.86. The Bertz CT molecular complexity index is 607. The van der Waals surface area contributed by atoms with Gasteiger partial charge in [-0.25, -0.2) is 4.68 Å². The van der Waals surface area contributed by atoms with Crippen LogP contribution in [0.15, 0.2) is 24.3 Å². The van der Waals surface area contributed by atoms with Crippen LogP contribution in [0.2, 0.25) is 5.15 Å². The summed E-state index contributed by atoms with van der Waals surface area (Å²) in [7, 11) is 0. The SMILES string of the molecule is Cc1cccc(Cn2nc(C)c([N+](=O)[O-])c2Cl)c1. The Labute approximate surface area is 109 Å². The standard InChI is InChI=1S/C12H12ClN3O2/c1-8-4-3-5-10(6-8)7-15-12(13)11(16(17)18)9(2)14-15/h3-6H,7H2,1-2H3. The Hall–Kier alpha value is -1.88. The molecule has 1 aromatic carbocycles. The van der Waals surface area contributed by atoms with Crippen molar-refractivity contribution in [2.75, 3.05) is 0 Å². The van der Waals surface area contributed by atoms with E-state index in [4.69, 9.17) is 11.6 Å². The monoisotopic (exact) mass is 265 g/mol. The maximum Gasteiger partial charge on any atom is 0.328 e. The molecule has 94 valence electrons. The minimum Gasteiger partial charge on any atom is -0.258 e. The van der Waals surface area contributed by atoms with Crippen molar-refractivity contribution in [1.29, 1.82) is 0 Å². The van der Waals surface area contributed by atoms with Gasteiger partial charge in [0.25, 0.3) is 0 Å². The van der Waals surface area contributed by atoms with Crippen LogP contribution < -0.4 is 0 Å². The molecular formula is C12H12ClN3O2. The predicted molar refractivity (Wildman–Crippen MR) is 68.9 cm³/mol. The molecule has 0 aliphatic rings. The van der Waals surface area contributed by atoms with E-state index in [0.29, 0.717) is 12.2 Å². The molecule has 0 fully saturated rings. The topological polar surface area (TPSA) is 61.0 Å². The van der Waals surface area contributed by atoms with Crippen molar-refractivity contribution in [1.82, 2.24) is 9.78 Å². The zero-order chi connectivity index (χ0) is 13.3. The van der Waals surface area contributed by atoms with Crippen LogP contribution in [0, 0.1) is 24.0 Å². The smallest absolute Gasteiger partial charge is 0.258 e. The number of halogens is 1. The Morgan fingerprint density at radius 1 is 1.44 bits per heavy atom. The lowest BCUT2D eigenvalue weighted by molar-refractivity contribution is -0.385. The van der Waals surface area contributed by atoms with Crippen LogP contribution in [0.1, 0.15) is 16.8 Å². The zero-order valence-electron chi connectivity index (χ0n) is 10.1. The normalized spacial score (nSPS) is 10.6. The molecular weight excluding hydrogens is 254 g/mol. The lowest BCUT2D eigenvalue weighted by Crippen LogP contribution is -2.02. The van der Waals surface area contributed by atoms with Gasteiger partial charge >= 0.3 is 5.69 Å². The van der Waals surface area contributed by atoms with Crippen molar-refractivity contribution >= 4 is 17.3 Å². The van der Waals surface area contributed by atoms with Crippen molar-refractivity contribution in [2.24, 2.45) is 0 Å². The Balaban J connectivity index is 2.36. The van der Waals surface area contributed by atoms with Crippen LogP contribution in [0.25, 0.3) is 0 Å². The molecule has 0 unspecified atom stereocenters. The van der Waals surface area contributed by atoms with Crippen LogP contribution in [-0.4, -0.2) is 14.7 Å². The molecule has 0 N–H and O–H groups in total. The summed E-state index contributed by atoms with van der Waals surface area (Å²) < 4.78 is 1.45. The number of nitro groups is 1. The highest BCUT2D eigenvalue weighted by Crippen LogP contribution is 2.28. The van der Waals surface area contributed by atoms with E-state index in [-0.39, 0.29) is 10.8 Å². The van der Waals surface area contributed by atoms with Crippen LogP contribution in [0.5, 0.6) is 0 Å². The molecule has 6 heteroatoms. The highest BCUT2D eigenvalue weighted by molar-refractivity contribution is 6.31. The molecule has 2 aromatic rings. The van der Waals surface area contributed by atoms with Crippen molar-refractivity contribution in [3.05, 3.63) is 56.4 Å². The van der Waals surface area contributed by atoms with Crippen LogP contribution in [0.3, 0.4) is 0 Å². The molecule has 0 amide bonds. The van der Waals surface area contributed by atoms with Crippen molar-refractivity contribution < 1.29 is 4.92 Å². The van der Waals surface area contributed by atoms with E-state index in [1.54, 1.807) is 6.92 Å².